The van der Waals surface area contributed by atoms with Crippen LogP contribution in [-0.2, 0) is 0 Å². The Morgan fingerprint density at radius 3 is 2.54 bits per heavy atom. The van der Waals surface area contributed by atoms with Crippen LogP contribution >= 0.6 is 0 Å². The average molecular weight is 175 g/mol. The molecule has 0 amide bonds. The van der Waals surface area contributed by atoms with Crippen molar-refractivity contribution in [3.8, 4) is 0 Å². The fraction of sp³-hybridized carbons (Fsp3) is 0.417. The second-order valence-corrected chi connectivity index (χ2v) is 3.60. The molecular weight excluding hydrogens is 158 g/mol. The van der Waals surface area contributed by atoms with Crippen LogP contribution in [0.25, 0.3) is 0 Å². The molecule has 0 heterocycles. The number of aryl methyl sites for hydroxylation is 1. The Kier molecular flexibility index (Phi) is 3.24. The minimum absolute atomic E-state index is 0.541. The summed E-state index contributed by atoms with van der Waals surface area (Å²) in [5.74, 6) is 0.541. The molecule has 0 aliphatic heterocycles. The monoisotopic (exact) mass is 175 g/mol. The zero-order chi connectivity index (χ0) is 9.84. The fourth-order valence-electron chi connectivity index (χ4n) is 1.39. The summed E-state index contributed by atoms with van der Waals surface area (Å²) in [6, 6.07) is 6.45. The molecule has 0 aliphatic carbocycles. The summed E-state index contributed by atoms with van der Waals surface area (Å²) in [4.78, 5) is 4.36. The smallest absolute Gasteiger partial charge is 0.0662 e. The normalized spacial score (nSPS) is 11.5. The van der Waals surface area contributed by atoms with E-state index in [1.807, 2.05) is 13.1 Å². The maximum Gasteiger partial charge on any atom is 0.0662 e. The van der Waals surface area contributed by atoms with E-state index in [2.05, 4.69) is 44.0 Å². The molecule has 70 valence electrons. The first-order valence-electron chi connectivity index (χ1n) is 4.74. The lowest BCUT2D eigenvalue weighted by Gasteiger charge is -2.09. The number of rotatable bonds is 2. The van der Waals surface area contributed by atoms with Gasteiger partial charge in [0.2, 0.25) is 0 Å². The summed E-state index contributed by atoms with van der Waals surface area (Å²) in [5, 5.41) is 0. The van der Waals surface area contributed by atoms with Crippen LogP contribution in [0.2, 0.25) is 0 Å². The molecule has 0 radical (unpaired) electrons. The first-order valence-corrected chi connectivity index (χ1v) is 4.74. The van der Waals surface area contributed by atoms with Crippen LogP contribution in [0.3, 0.4) is 0 Å². The highest BCUT2D eigenvalue weighted by Gasteiger charge is 2.04. The highest BCUT2D eigenvalue weighted by molar-refractivity contribution is 5.63. The third-order valence-electron chi connectivity index (χ3n) is 2.08. The molecule has 1 rings (SSSR count). The standard InChI is InChI=1S/C12H17N/c1-5-13-12-8-10(4)6-7-11(12)9(2)3/h5-9H,1-4H3. The van der Waals surface area contributed by atoms with Gasteiger partial charge in [0.15, 0.2) is 0 Å². The van der Waals surface area contributed by atoms with Crippen molar-refractivity contribution in [3.63, 3.8) is 0 Å². The largest absolute Gasteiger partial charge is 0.261 e. The van der Waals surface area contributed by atoms with E-state index in [0.29, 0.717) is 5.92 Å². The van der Waals surface area contributed by atoms with Crippen molar-refractivity contribution in [2.24, 2.45) is 4.99 Å². The second-order valence-electron chi connectivity index (χ2n) is 3.60. The van der Waals surface area contributed by atoms with E-state index < -0.39 is 0 Å². The summed E-state index contributed by atoms with van der Waals surface area (Å²) in [6.07, 6.45) is 1.85. The van der Waals surface area contributed by atoms with Gasteiger partial charge >= 0.3 is 0 Å². The molecule has 1 heteroatoms. The Labute approximate surface area is 80.5 Å². The van der Waals surface area contributed by atoms with E-state index in [1.54, 1.807) is 0 Å². The van der Waals surface area contributed by atoms with Crippen molar-refractivity contribution in [3.05, 3.63) is 29.3 Å². The molecule has 1 aromatic rings. The van der Waals surface area contributed by atoms with Crippen molar-refractivity contribution in [2.45, 2.75) is 33.6 Å². The second kappa shape index (κ2) is 4.22. The van der Waals surface area contributed by atoms with Gasteiger partial charge in [0.1, 0.15) is 0 Å². The molecule has 1 nitrogen and oxygen atoms in total. The first-order chi connectivity index (χ1) is 6.15. The molecule has 1 aromatic carbocycles. The maximum absolute atomic E-state index is 4.36. The fourth-order valence-corrected chi connectivity index (χ4v) is 1.39. The van der Waals surface area contributed by atoms with Crippen LogP contribution in [0.5, 0.6) is 0 Å². The van der Waals surface area contributed by atoms with Gasteiger partial charge < -0.3 is 0 Å². The quantitative estimate of drug-likeness (QED) is 0.605. The lowest BCUT2D eigenvalue weighted by atomic mass is 10.00. The van der Waals surface area contributed by atoms with Crippen LogP contribution in [0, 0.1) is 6.92 Å². The molecule has 0 saturated carbocycles. The number of hydrogen-bond donors (Lipinski definition) is 0. The van der Waals surface area contributed by atoms with Crippen molar-refractivity contribution >= 4 is 11.9 Å². The van der Waals surface area contributed by atoms with Crippen LogP contribution in [-0.4, -0.2) is 6.21 Å². The highest BCUT2D eigenvalue weighted by Crippen LogP contribution is 2.27. The molecule has 0 saturated heterocycles. The summed E-state index contributed by atoms with van der Waals surface area (Å²) in [6.45, 7) is 8.43. The molecule has 0 aromatic heterocycles. The number of aliphatic imine (C=N–C) groups is 1. The molecular formula is C12H17N. The lowest BCUT2D eigenvalue weighted by Crippen LogP contribution is -1.88. The summed E-state index contributed by atoms with van der Waals surface area (Å²) in [7, 11) is 0. The molecule has 0 unspecified atom stereocenters. The average Bonchev–Trinajstić information content (AvgIpc) is 2.04. The lowest BCUT2D eigenvalue weighted by molar-refractivity contribution is 0.866. The van der Waals surface area contributed by atoms with Gasteiger partial charge in [0.05, 0.1) is 5.69 Å². The number of benzene rings is 1. The van der Waals surface area contributed by atoms with Gasteiger partial charge in [-0.1, -0.05) is 26.0 Å². The third-order valence-corrected chi connectivity index (χ3v) is 2.08. The summed E-state index contributed by atoms with van der Waals surface area (Å²) in [5.41, 5.74) is 3.70. The van der Waals surface area contributed by atoms with Crippen LogP contribution in [0.4, 0.5) is 5.69 Å². The topological polar surface area (TPSA) is 12.4 Å². The molecule has 0 fully saturated rings. The Morgan fingerprint density at radius 2 is 2.00 bits per heavy atom. The SMILES string of the molecule is CC=Nc1cc(C)ccc1C(C)C. The van der Waals surface area contributed by atoms with Gasteiger partial charge in [-0.2, -0.15) is 0 Å². The van der Waals surface area contributed by atoms with Gasteiger partial charge in [-0.25, -0.2) is 0 Å². The molecule has 13 heavy (non-hydrogen) atoms. The van der Waals surface area contributed by atoms with Crippen molar-refractivity contribution in [1.29, 1.82) is 0 Å². The van der Waals surface area contributed by atoms with Crippen LogP contribution in [0.1, 0.15) is 37.8 Å². The Hall–Kier alpha value is -1.11. The predicted octanol–water partition coefficient (Wildman–Crippen LogP) is 3.84. The van der Waals surface area contributed by atoms with E-state index in [0.717, 1.165) is 5.69 Å². The molecule has 0 spiro atoms. The highest BCUT2D eigenvalue weighted by atomic mass is 14.7. The number of hydrogen-bond acceptors (Lipinski definition) is 1. The van der Waals surface area contributed by atoms with Crippen LogP contribution in [0.15, 0.2) is 23.2 Å². The van der Waals surface area contributed by atoms with Crippen molar-refractivity contribution in [1.82, 2.24) is 0 Å². The van der Waals surface area contributed by atoms with Gasteiger partial charge in [-0.05, 0) is 37.0 Å². The zero-order valence-corrected chi connectivity index (χ0v) is 8.83. The first kappa shape index (κ1) is 9.97. The molecule has 0 N–H and O–H groups in total. The minimum atomic E-state index is 0.541. The Morgan fingerprint density at radius 1 is 1.31 bits per heavy atom. The Balaban J connectivity index is 3.18. The van der Waals surface area contributed by atoms with Gasteiger partial charge in [-0.15, -0.1) is 0 Å². The van der Waals surface area contributed by atoms with Crippen LogP contribution < -0.4 is 0 Å². The van der Waals surface area contributed by atoms with E-state index in [4.69, 9.17) is 0 Å². The third kappa shape index (κ3) is 2.41. The summed E-state index contributed by atoms with van der Waals surface area (Å²) >= 11 is 0. The van der Waals surface area contributed by atoms with E-state index in [9.17, 15) is 0 Å². The predicted molar refractivity (Wildman–Crippen MR) is 59.1 cm³/mol. The van der Waals surface area contributed by atoms with E-state index in [-0.39, 0.29) is 0 Å². The van der Waals surface area contributed by atoms with Gasteiger partial charge in [-0.3, -0.25) is 4.99 Å². The molecule has 0 aliphatic rings. The summed E-state index contributed by atoms with van der Waals surface area (Å²) < 4.78 is 0. The van der Waals surface area contributed by atoms with Crippen molar-refractivity contribution < 1.29 is 0 Å². The van der Waals surface area contributed by atoms with Gasteiger partial charge in [0, 0.05) is 6.21 Å². The maximum atomic E-state index is 4.36. The zero-order valence-electron chi connectivity index (χ0n) is 8.83. The van der Waals surface area contributed by atoms with E-state index >= 15 is 0 Å². The number of nitrogens with zero attached hydrogens (tertiary/aromatic N) is 1. The van der Waals surface area contributed by atoms with Gasteiger partial charge in [0.25, 0.3) is 0 Å². The van der Waals surface area contributed by atoms with E-state index in [1.165, 1.54) is 11.1 Å². The molecule has 0 atom stereocenters. The van der Waals surface area contributed by atoms with Crippen molar-refractivity contribution in [2.75, 3.05) is 0 Å². The Bertz CT molecular complexity index is 311. The molecule has 0 bridgehead atoms. The minimum Gasteiger partial charge on any atom is -0.261 e.